The third-order valence-corrected chi connectivity index (χ3v) is 2.80. The summed E-state index contributed by atoms with van der Waals surface area (Å²) in [4.78, 5) is 15.0. The number of halogens is 1. The highest BCUT2D eigenvalue weighted by atomic mass is 35.5. The molecule has 0 aliphatic heterocycles. The van der Waals surface area contributed by atoms with Crippen molar-refractivity contribution in [1.29, 1.82) is 0 Å². The Morgan fingerprint density at radius 3 is 2.79 bits per heavy atom. The second-order valence-electron chi connectivity index (χ2n) is 4.01. The molecule has 0 atom stereocenters. The Morgan fingerprint density at radius 1 is 1.37 bits per heavy atom. The van der Waals surface area contributed by atoms with Crippen molar-refractivity contribution >= 4 is 17.6 Å². The van der Waals surface area contributed by atoms with Crippen molar-refractivity contribution in [2.75, 3.05) is 0 Å². The van der Waals surface area contributed by atoms with Crippen LogP contribution in [0, 0.1) is 6.92 Å². The van der Waals surface area contributed by atoms with Crippen LogP contribution in [0.15, 0.2) is 36.4 Å². The number of benzene rings is 1. The molecule has 0 saturated carbocycles. The third kappa shape index (κ3) is 3.45. The van der Waals surface area contributed by atoms with Gasteiger partial charge in [0.2, 0.25) is 5.88 Å². The lowest BCUT2D eigenvalue weighted by molar-refractivity contribution is 0.0695. The molecule has 0 aliphatic rings. The fraction of sp³-hybridized carbons (Fsp3) is 0.143. The molecule has 2 rings (SSSR count). The van der Waals surface area contributed by atoms with Crippen molar-refractivity contribution in [3.8, 4) is 5.88 Å². The number of hydrogen-bond acceptors (Lipinski definition) is 3. The van der Waals surface area contributed by atoms with Gasteiger partial charge < -0.3 is 9.84 Å². The second kappa shape index (κ2) is 5.71. The molecule has 5 heteroatoms. The maximum atomic E-state index is 10.9. The van der Waals surface area contributed by atoms with Crippen LogP contribution in [-0.2, 0) is 6.61 Å². The van der Waals surface area contributed by atoms with Crippen molar-refractivity contribution in [3.05, 3.63) is 58.2 Å². The molecule has 1 aromatic carbocycles. The maximum Gasteiger partial charge on any atom is 0.337 e. The number of ether oxygens (including phenoxy) is 1. The smallest absolute Gasteiger partial charge is 0.337 e. The highest BCUT2D eigenvalue weighted by Gasteiger charge is 2.09. The minimum atomic E-state index is -0.994. The average molecular weight is 278 g/mol. The molecule has 0 radical (unpaired) electrons. The zero-order chi connectivity index (χ0) is 13.8. The normalized spacial score (nSPS) is 10.2. The molecule has 0 aliphatic carbocycles. The van der Waals surface area contributed by atoms with Gasteiger partial charge in [0.15, 0.2) is 0 Å². The zero-order valence-corrected chi connectivity index (χ0v) is 11.0. The molecule has 0 spiro atoms. The van der Waals surface area contributed by atoms with E-state index in [9.17, 15) is 4.79 Å². The number of carboxylic acids is 1. The van der Waals surface area contributed by atoms with Gasteiger partial charge in [0, 0.05) is 11.1 Å². The lowest BCUT2D eigenvalue weighted by Crippen LogP contribution is -2.04. The van der Waals surface area contributed by atoms with Gasteiger partial charge in [-0.2, -0.15) is 0 Å². The maximum absolute atomic E-state index is 10.9. The number of carboxylic acid groups (broad SMARTS) is 1. The minimum Gasteiger partial charge on any atom is -0.478 e. The van der Waals surface area contributed by atoms with Crippen LogP contribution < -0.4 is 4.74 Å². The van der Waals surface area contributed by atoms with E-state index in [2.05, 4.69) is 4.98 Å². The number of aromatic carboxylic acids is 1. The third-order valence-electron chi connectivity index (χ3n) is 2.57. The van der Waals surface area contributed by atoms with Crippen molar-refractivity contribution < 1.29 is 14.6 Å². The number of aromatic nitrogens is 1. The van der Waals surface area contributed by atoms with Crippen LogP contribution >= 0.6 is 11.6 Å². The van der Waals surface area contributed by atoms with Crippen LogP contribution in [0.3, 0.4) is 0 Å². The van der Waals surface area contributed by atoms with Crippen LogP contribution in [0.25, 0.3) is 0 Å². The summed E-state index contributed by atoms with van der Waals surface area (Å²) in [6.07, 6.45) is 0. The molecule has 1 heterocycles. The van der Waals surface area contributed by atoms with E-state index in [0.717, 1.165) is 5.56 Å². The lowest BCUT2D eigenvalue weighted by atomic mass is 10.2. The zero-order valence-electron chi connectivity index (χ0n) is 10.3. The summed E-state index contributed by atoms with van der Waals surface area (Å²) < 4.78 is 5.50. The quantitative estimate of drug-likeness (QED) is 0.931. The molecule has 0 bridgehead atoms. The van der Waals surface area contributed by atoms with E-state index in [1.165, 1.54) is 6.07 Å². The summed E-state index contributed by atoms with van der Waals surface area (Å²) in [5, 5.41) is 9.54. The highest BCUT2D eigenvalue weighted by Crippen LogP contribution is 2.16. The fourth-order valence-electron chi connectivity index (χ4n) is 1.63. The van der Waals surface area contributed by atoms with Crippen LogP contribution in [0.2, 0.25) is 5.02 Å². The number of aryl methyl sites for hydroxylation is 1. The summed E-state index contributed by atoms with van der Waals surface area (Å²) in [6, 6.07) is 10.4. The number of carbonyl (C=O) groups is 1. The number of hydrogen-bond donors (Lipinski definition) is 1. The van der Waals surface area contributed by atoms with Gasteiger partial charge in [-0.3, -0.25) is 0 Å². The van der Waals surface area contributed by atoms with E-state index >= 15 is 0 Å². The van der Waals surface area contributed by atoms with Gasteiger partial charge in [0.05, 0.1) is 11.3 Å². The fourth-order valence-corrected chi connectivity index (χ4v) is 1.84. The largest absolute Gasteiger partial charge is 0.478 e. The molecule has 0 unspecified atom stereocenters. The predicted molar refractivity (Wildman–Crippen MR) is 71.7 cm³/mol. The molecule has 4 nitrogen and oxygen atoms in total. The first kappa shape index (κ1) is 13.4. The van der Waals surface area contributed by atoms with Crippen LogP contribution in [0.5, 0.6) is 5.88 Å². The Balaban J connectivity index is 2.08. The number of pyridine rings is 1. The Hall–Kier alpha value is -2.07. The van der Waals surface area contributed by atoms with Crippen LogP contribution in [0.4, 0.5) is 0 Å². The van der Waals surface area contributed by atoms with E-state index in [0.29, 0.717) is 23.2 Å². The van der Waals surface area contributed by atoms with Crippen molar-refractivity contribution in [2.45, 2.75) is 13.5 Å². The minimum absolute atomic E-state index is 0.176. The van der Waals surface area contributed by atoms with Gasteiger partial charge in [-0.05, 0) is 30.7 Å². The Labute approximate surface area is 115 Å². The van der Waals surface area contributed by atoms with Gasteiger partial charge >= 0.3 is 5.97 Å². The van der Waals surface area contributed by atoms with Gasteiger partial charge in [-0.25, -0.2) is 9.78 Å². The van der Waals surface area contributed by atoms with Gasteiger partial charge in [0.1, 0.15) is 6.61 Å². The van der Waals surface area contributed by atoms with E-state index in [-0.39, 0.29) is 5.56 Å². The van der Waals surface area contributed by atoms with Crippen LogP contribution in [-0.4, -0.2) is 16.1 Å². The Kier molecular flexibility index (Phi) is 4.02. The molecule has 0 saturated heterocycles. The highest BCUT2D eigenvalue weighted by molar-refractivity contribution is 6.30. The van der Waals surface area contributed by atoms with E-state index in [1.54, 1.807) is 25.1 Å². The molecule has 1 aromatic heterocycles. The molecule has 19 heavy (non-hydrogen) atoms. The molecular weight excluding hydrogens is 266 g/mol. The standard InChI is InChI=1S/C14H12ClNO3/c1-9-12(14(17)18)5-6-13(16-9)19-8-10-3-2-4-11(15)7-10/h2-7H,8H2,1H3,(H,17,18). The second-order valence-corrected chi connectivity index (χ2v) is 4.44. The van der Waals surface area contributed by atoms with Crippen molar-refractivity contribution in [3.63, 3.8) is 0 Å². The molecule has 0 amide bonds. The SMILES string of the molecule is Cc1nc(OCc2cccc(Cl)c2)ccc1C(=O)O. The molecule has 0 fully saturated rings. The Bertz CT molecular complexity index is 613. The summed E-state index contributed by atoms with van der Waals surface area (Å²) in [6.45, 7) is 1.97. The van der Waals surface area contributed by atoms with Crippen LogP contribution in [0.1, 0.15) is 21.6 Å². The summed E-state index contributed by atoms with van der Waals surface area (Å²) >= 11 is 5.87. The lowest BCUT2D eigenvalue weighted by Gasteiger charge is -2.07. The van der Waals surface area contributed by atoms with Crippen molar-refractivity contribution in [1.82, 2.24) is 4.98 Å². The molecule has 1 N–H and O–H groups in total. The van der Waals surface area contributed by atoms with Gasteiger partial charge in [-0.15, -0.1) is 0 Å². The van der Waals surface area contributed by atoms with E-state index in [4.69, 9.17) is 21.4 Å². The van der Waals surface area contributed by atoms with Gasteiger partial charge in [0.25, 0.3) is 0 Å². The number of nitrogens with zero attached hydrogens (tertiary/aromatic N) is 1. The topological polar surface area (TPSA) is 59.4 Å². The number of rotatable bonds is 4. The van der Waals surface area contributed by atoms with Crippen molar-refractivity contribution in [2.24, 2.45) is 0 Å². The van der Waals surface area contributed by atoms with E-state index in [1.807, 2.05) is 12.1 Å². The monoisotopic (exact) mass is 277 g/mol. The van der Waals surface area contributed by atoms with E-state index < -0.39 is 5.97 Å². The first-order valence-corrected chi connectivity index (χ1v) is 6.02. The average Bonchev–Trinajstić information content (AvgIpc) is 2.36. The molecule has 2 aromatic rings. The predicted octanol–water partition coefficient (Wildman–Crippen LogP) is 3.32. The first-order chi connectivity index (χ1) is 9.06. The molecule has 98 valence electrons. The Morgan fingerprint density at radius 2 is 2.16 bits per heavy atom. The summed E-state index contributed by atoms with van der Waals surface area (Å²) in [7, 11) is 0. The first-order valence-electron chi connectivity index (χ1n) is 5.64. The molecular formula is C14H12ClNO3. The summed E-state index contributed by atoms with van der Waals surface area (Å²) in [5.74, 6) is -0.603. The summed E-state index contributed by atoms with van der Waals surface area (Å²) in [5.41, 5.74) is 1.53. The van der Waals surface area contributed by atoms with Gasteiger partial charge in [-0.1, -0.05) is 23.7 Å².